The molecule has 2 N–H and O–H groups in total. The number of nitrogens with zero attached hydrogens (tertiary/aromatic N) is 1. The number of halogens is 1. The fourth-order valence-electron chi connectivity index (χ4n) is 2.02. The standard InChI is InChI=1S/C15H23BrN2O/c1-10(2)8-18(9-11(3)4)15(19)13-6-5-12(16)7-14(13)17/h5-7,10-11H,8-9,17H2,1-4H3. The molecule has 4 heteroatoms. The van der Waals surface area contributed by atoms with Crippen molar-refractivity contribution in [2.45, 2.75) is 27.7 Å². The SMILES string of the molecule is CC(C)CN(CC(C)C)C(=O)c1ccc(Br)cc1N. The molecule has 0 bridgehead atoms. The van der Waals surface area contributed by atoms with Crippen LogP contribution in [-0.2, 0) is 0 Å². The van der Waals surface area contributed by atoms with Crippen LogP contribution in [0.3, 0.4) is 0 Å². The van der Waals surface area contributed by atoms with Crippen molar-refractivity contribution >= 4 is 27.5 Å². The molecule has 0 aliphatic carbocycles. The van der Waals surface area contributed by atoms with Gasteiger partial charge in [-0.1, -0.05) is 43.6 Å². The number of carbonyl (C=O) groups is 1. The van der Waals surface area contributed by atoms with Crippen molar-refractivity contribution in [1.82, 2.24) is 4.90 Å². The van der Waals surface area contributed by atoms with Crippen LogP contribution in [0.4, 0.5) is 5.69 Å². The average Bonchev–Trinajstić information content (AvgIpc) is 2.26. The van der Waals surface area contributed by atoms with Crippen molar-refractivity contribution in [3.63, 3.8) is 0 Å². The fourth-order valence-corrected chi connectivity index (χ4v) is 2.40. The largest absolute Gasteiger partial charge is 0.398 e. The summed E-state index contributed by atoms with van der Waals surface area (Å²) < 4.78 is 0.890. The van der Waals surface area contributed by atoms with Crippen LogP contribution >= 0.6 is 15.9 Å². The fraction of sp³-hybridized carbons (Fsp3) is 0.533. The van der Waals surface area contributed by atoms with Gasteiger partial charge >= 0.3 is 0 Å². The first kappa shape index (κ1) is 16.0. The van der Waals surface area contributed by atoms with E-state index < -0.39 is 0 Å². The van der Waals surface area contributed by atoms with Crippen molar-refractivity contribution in [1.29, 1.82) is 0 Å². The Morgan fingerprint density at radius 2 is 1.74 bits per heavy atom. The van der Waals surface area contributed by atoms with Gasteiger partial charge in [-0.2, -0.15) is 0 Å². The van der Waals surface area contributed by atoms with Gasteiger partial charge in [-0.3, -0.25) is 4.79 Å². The number of rotatable bonds is 5. The second kappa shape index (κ2) is 6.94. The normalized spacial score (nSPS) is 11.1. The van der Waals surface area contributed by atoms with E-state index in [9.17, 15) is 4.79 Å². The lowest BCUT2D eigenvalue weighted by Gasteiger charge is -2.27. The lowest BCUT2D eigenvalue weighted by atomic mass is 10.1. The molecule has 0 saturated carbocycles. The van der Waals surface area contributed by atoms with E-state index in [2.05, 4.69) is 43.6 Å². The number of nitrogen functional groups attached to an aromatic ring is 1. The van der Waals surface area contributed by atoms with E-state index in [1.807, 2.05) is 11.0 Å². The van der Waals surface area contributed by atoms with E-state index in [4.69, 9.17) is 5.73 Å². The third kappa shape index (κ3) is 4.86. The monoisotopic (exact) mass is 326 g/mol. The number of nitrogens with two attached hydrogens (primary N) is 1. The molecule has 0 radical (unpaired) electrons. The Morgan fingerprint density at radius 1 is 1.21 bits per heavy atom. The minimum Gasteiger partial charge on any atom is -0.398 e. The van der Waals surface area contributed by atoms with Crippen LogP contribution in [0.2, 0.25) is 0 Å². The maximum Gasteiger partial charge on any atom is 0.255 e. The lowest BCUT2D eigenvalue weighted by molar-refractivity contribution is 0.0716. The Balaban J connectivity index is 2.97. The highest BCUT2D eigenvalue weighted by molar-refractivity contribution is 9.10. The van der Waals surface area contributed by atoms with Gasteiger partial charge in [0.2, 0.25) is 0 Å². The predicted molar refractivity (Wildman–Crippen MR) is 84.1 cm³/mol. The highest BCUT2D eigenvalue weighted by Gasteiger charge is 2.19. The molecule has 0 aromatic heterocycles. The molecule has 0 fully saturated rings. The van der Waals surface area contributed by atoms with E-state index in [-0.39, 0.29) is 5.91 Å². The van der Waals surface area contributed by atoms with Crippen LogP contribution in [-0.4, -0.2) is 23.9 Å². The summed E-state index contributed by atoms with van der Waals surface area (Å²) in [5.74, 6) is 0.908. The predicted octanol–water partition coefficient (Wildman–Crippen LogP) is 3.79. The van der Waals surface area contributed by atoms with Gasteiger partial charge in [-0.05, 0) is 30.0 Å². The van der Waals surface area contributed by atoms with E-state index in [1.165, 1.54) is 0 Å². The number of carbonyl (C=O) groups excluding carboxylic acids is 1. The molecule has 0 saturated heterocycles. The van der Waals surface area contributed by atoms with Gasteiger partial charge in [0.05, 0.1) is 5.56 Å². The third-order valence-corrected chi connectivity index (χ3v) is 3.20. The summed E-state index contributed by atoms with van der Waals surface area (Å²) in [5.41, 5.74) is 7.06. The van der Waals surface area contributed by atoms with Gasteiger partial charge in [0, 0.05) is 23.2 Å². The van der Waals surface area contributed by atoms with Crippen molar-refractivity contribution in [2.75, 3.05) is 18.8 Å². The highest BCUT2D eigenvalue weighted by atomic mass is 79.9. The van der Waals surface area contributed by atoms with Gasteiger partial charge in [-0.15, -0.1) is 0 Å². The third-order valence-electron chi connectivity index (χ3n) is 2.70. The van der Waals surface area contributed by atoms with Crippen LogP contribution in [0, 0.1) is 11.8 Å². The average molecular weight is 327 g/mol. The molecule has 106 valence electrons. The van der Waals surface area contributed by atoms with Gasteiger partial charge in [0.25, 0.3) is 5.91 Å². The maximum absolute atomic E-state index is 12.6. The number of hydrogen-bond donors (Lipinski definition) is 1. The zero-order valence-electron chi connectivity index (χ0n) is 12.1. The van der Waals surface area contributed by atoms with Gasteiger partial charge < -0.3 is 10.6 Å². The molecule has 1 aromatic carbocycles. The van der Waals surface area contributed by atoms with Crippen LogP contribution in [0.1, 0.15) is 38.1 Å². The van der Waals surface area contributed by atoms with Crippen LogP contribution < -0.4 is 5.73 Å². The number of amides is 1. The Hall–Kier alpha value is -1.03. The minimum atomic E-state index is 0.0207. The molecule has 0 atom stereocenters. The molecular weight excluding hydrogens is 304 g/mol. The Labute approximate surface area is 124 Å². The molecule has 0 aliphatic rings. The molecular formula is C15H23BrN2O. The van der Waals surface area contributed by atoms with Crippen molar-refractivity contribution in [2.24, 2.45) is 11.8 Å². The molecule has 0 spiro atoms. The van der Waals surface area contributed by atoms with Crippen LogP contribution in [0.15, 0.2) is 22.7 Å². The molecule has 3 nitrogen and oxygen atoms in total. The zero-order chi connectivity index (χ0) is 14.6. The summed E-state index contributed by atoms with van der Waals surface area (Å²) in [7, 11) is 0. The van der Waals surface area contributed by atoms with Crippen molar-refractivity contribution in [3.8, 4) is 0 Å². The molecule has 0 heterocycles. The highest BCUT2D eigenvalue weighted by Crippen LogP contribution is 2.21. The van der Waals surface area contributed by atoms with Crippen molar-refractivity contribution < 1.29 is 4.79 Å². The second-order valence-electron chi connectivity index (χ2n) is 5.73. The molecule has 19 heavy (non-hydrogen) atoms. The summed E-state index contributed by atoms with van der Waals surface area (Å²) >= 11 is 3.36. The first-order valence-electron chi connectivity index (χ1n) is 6.65. The molecule has 1 amide bonds. The van der Waals surface area contributed by atoms with Crippen molar-refractivity contribution in [3.05, 3.63) is 28.2 Å². The number of hydrogen-bond acceptors (Lipinski definition) is 2. The summed E-state index contributed by atoms with van der Waals surface area (Å²) in [5, 5.41) is 0. The smallest absolute Gasteiger partial charge is 0.255 e. The van der Waals surface area contributed by atoms with E-state index in [1.54, 1.807) is 12.1 Å². The first-order valence-corrected chi connectivity index (χ1v) is 7.44. The molecule has 1 rings (SSSR count). The molecule has 0 unspecified atom stereocenters. The van der Waals surface area contributed by atoms with E-state index >= 15 is 0 Å². The van der Waals surface area contributed by atoms with Gasteiger partial charge in [0.15, 0.2) is 0 Å². The first-order chi connectivity index (χ1) is 8.81. The van der Waals surface area contributed by atoms with E-state index in [0.29, 0.717) is 23.1 Å². The zero-order valence-corrected chi connectivity index (χ0v) is 13.7. The lowest BCUT2D eigenvalue weighted by Crippen LogP contribution is -2.37. The van der Waals surface area contributed by atoms with Crippen LogP contribution in [0.25, 0.3) is 0 Å². The van der Waals surface area contributed by atoms with Gasteiger partial charge in [-0.25, -0.2) is 0 Å². The topological polar surface area (TPSA) is 46.3 Å². The Bertz CT molecular complexity index is 434. The molecule has 1 aromatic rings. The summed E-state index contributed by atoms with van der Waals surface area (Å²) in [6.07, 6.45) is 0. The second-order valence-corrected chi connectivity index (χ2v) is 6.65. The quantitative estimate of drug-likeness (QED) is 0.837. The summed E-state index contributed by atoms with van der Waals surface area (Å²) in [6, 6.07) is 5.41. The molecule has 0 aliphatic heterocycles. The van der Waals surface area contributed by atoms with Crippen LogP contribution in [0.5, 0.6) is 0 Å². The number of anilines is 1. The van der Waals surface area contributed by atoms with Gasteiger partial charge in [0.1, 0.15) is 0 Å². The summed E-state index contributed by atoms with van der Waals surface area (Å²) in [4.78, 5) is 14.5. The Morgan fingerprint density at radius 3 is 2.16 bits per heavy atom. The minimum absolute atomic E-state index is 0.0207. The maximum atomic E-state index is 12.6. The van der Waals surface area contributed by atoms with E-state index in [0.717, 1.165) is 17.6 Å². The summed E-state index contributed by atoms with van der Waals surface area (Å²) in [6.45, 7) is 9.98. The Kier molecular flexibility index (Phi) is 5.85. The number of benzene rings is 1.